The van der Waals surface area contributed by atoms with Gasteiger partial charge in [0, 0.05) is 18.7 Å². The summed E-state index contributed by atoms with van der Waals surface area (Å²) in [5, 5.41) is 5.51. The Bertz CT molecular complexity index is 917. The third-order valence-corrected chi connectivity index (χ3v) is 4.66. The second kappa shape index (κ2) is 10.7. The molecule has 2 aromatic rings. The molecule has 0 spiro atoms. The fourth-order valence-electron chi connectivity index (χ4n) is 3.20. The molecular weight excluding hydrogens is 410 g/mol. The van der Waals surface area contributed by atoms with Crippen molar-refractivity contribution in [3.63, 3.8) is 0 Å². The first-order valence-electron chi connectivity index (χ1n) is 9.99. The third-order valence-electron chi connectivity index (χ3n) is 4.66. The Morgan fingerprint density at radius 3 is 2.68 bits per heavy atom. The first-order valence-corrected chi connectivity index (χ1v) is 9.99. The number of rotatable bonds is 9. The molecule has 1 saturated heterocycles. The first kappa shape index (κ1) is 22.5. The van der Waals surface area contributed by atoms with Crippen LogP contribution in [-0.2, 0) is 4.74 Å². The van der Waals surface area contributed by atoms with Gasteiger partial charge in [-0.25, -0.2) is 0 Å². The number of nitrogens with one attached hydrogen (secondary N) is 2. The summed E-state index contributed by atoms with van der Waals surface area (Å²) in [6, 6.07) is 10.5. The van der Waals surface area contributed by atoms with Crippen molar-refractivity contribution < 1.29 is 32.6 Å². The van der Waals surface area contributed by atoms with Crippen LogP contribution in [0.15, 0.2) is 42.5 Å². The number of hydrogen-bond donors (Lipinski definition) is 2. The van der Waals surface area contributed by atoms with E-state index in [1.165, 1.54) is 18.2 Å². The maximum absolute atomic E-state index is 12.7. The summed E-state index contributed by atoms with van der Waals surface area (Å²) in [4.78, 5) is 25.3. The molecule has 0 bridgehead atoms. The van der Waals surface area contributed by atoms with Gasteiger partial charge in [-0.1, -0.05) is 12.1 Å². The van der Waals surface area contributed by atoms with Crippen molar-refractivity contribution in [3.8, 4) is 11.5 Å². The van der Waals surface area contributed by atoms with E-state index in [-0.39, 0.29) is 35.7 Å². The number of para-hydroxylation sites is 1. The van der Waals surface area contributed by atoms with Gasteiger partial charge in [0.1, 0.15) is 0 Å². The smallest absolute Gasteiger partial charge is 0.387 e. The number of alkyl halides is 2. The summed E-state index contributed by atoms with van der Waals surface area (Å²) in [5.74, 6) is -0.994. The number of carbonyl (C=O) groups is 2. The van der Waals surface area contributed by atoms with Gasteiger partial charge in [-0.15, -0.1) is 0 Å². The van der Waals surface area contributed by atoms with E-state index >= 15 is 0 Å². The predicted molar refractivity (Wildman–Crippen MR) is 110 cm³/mol. The van der Waals surface area contributed by atoms with E-state index in [4.69, 9.17) is 9.47 Å². The molecule has 1 aliphatic rings. The number of ether oxygens (including phenoxy) is 3. The minimum Gasteiger partial charge on any atom is -0.490 e. The molecule has 1 aliphatic heterocycles. The lowest BCUT2D eigenvalue weighted by Gasteiger charge is -2.15. The molecule has 0 radical (unpaired) electrons. The highest BCUT2D eigenvalue weighted by molar-refractivity contribution is 6.09. The second-order valence-corrected chi connectivity index (χ2v) is 6.82. The van der Waals surface area contributed by atoms with Crippen LogP contribution in [0.2, 0.25) is 0 Å². The fraction of sp³-hybridized carbons (Fsp3) is 0.364. The summed E-state index contributed by atoms with van der Waals surface area (Å²) < 4.78 is 40.4. The lowest BCUT2D eigenvalue weighted by molar-refractivity contribution is -0.0514. The highest BCUT2D eigenvalue weighted by atomic mass is 19.3. The molecule has 9 heteroatoms. The summed E-state index contributed by atoms with van der Waals surface area (Å²) in [6.07, 6.45) is 1.86. The first-order chi connectivity index (χ1) is 15.0. The molecule has 3 rings (SSSR count). The molecule has 0 aliphatic carbocycles. The maximum Gasteiger partial charge on any atom is 0.387 e. The zero-order valence-electron chi connectivity index (χ0n) is 17.0. The van der Waals surface area contributed by atoms with Gasteiger partial charge in [-0.2, -0.15) is 8.78 Å². The van der Waals surface area contributed by atoms with Gasteiger partial charge in [0.05, 0.1) is 24.0 Å². The van der Waals surface area contributed by atoms with Crippen molar-refractivity contribution in [3.05, 3.63) is 53.6 Å². The van der Waals surface area contributed by atoms with Gasteiger partial charge >= 0.3 is 6.61 Å². The van der Waals surface area contributed by atoms with Gasteiger partial charge in [-0.3, -0.25) is 9.59 Å². The van der Waals surface area contributed by atoms with E-state index in [0.717, 1.165) is 12.8 Å². The second-order valence-electron chi connectivity index (χ2n) is 6.82. The number of benzene rings is 2. The Hall–Kier alpha value is -3.20. The van der Waals surface area contributed by atoms with Crippen molar-refractivity contribution in [1.82, 2.24) is 5.32 Å². The lowest BCUT2D eigenvalue weighted by atomic mass is 10.1. The monoisotopic (exact) mass is 434 g/mol. The van der Waals surface area contributed by atoms with Crippen LogP contribution in [-0.4, -0.2) is 44.3 Å². The summed E-state index contributed by atoms with van der Waals surface area (Å²) >= 11 is 0. The van der Waals surface area contributed by atoms with Crippen LogP contribution in [0.25, 0.3) is 0 Å². The Kier molecular flexibility index (Phi) is 7.77. The quantitative estimate of drug-likeness (QED) is 0.626. The molecule has 1 atom stereocenters. The zero-order valence-corrected chi connectivity index (χ0v) is 17.0. The van der Waals surface area contributed by atoms with Crippen molar-refractivity contribution in [2.75, 3.05) is 25.1 Å². The molecule has 0 aromatic heterocycles. The lowest BCUT2D eigenvalue weighted by Crippen LogP contribution is -2.32. The van der Waals surface area contributed by atoms with Crippen molar-refractivity contribution in [2.24, 2.45) is 0 Å². The van der Waals surface area contributed by atoms with Crippen LogP contribution >= 0.6 is 0 Å². The Labute approximate surface area is 178 Å². The Balaban J connectivity index is 1.72. The average Bonchev–Trinajstić information content (AvgIpc) is 3.27. The number of anilines is 1. The van der Waals surface area contributed by atoms with E-state index in [1.54, 1.807) is 31.2 Å². The topological polar surface area (TPSA) is 85.9 Å². The fourth-order valence-corrected chi connectivity index (χ4v) is 3.20. The van der Waals surface area contributed by atoms with E-state index in [2.05, 4.69) is 15.4 Å². The number of carbonyl (C=O) groups excluding carboxylic acids is 2. The van der Waals surface area contributed by atoms with Gasteiger partial charge in [-0.05, 0) is 50.1 Å². The molecule has 7 nitrogen and oxygen atoms in total. The van der Waals surface area contributed by atoms with Gasteiger partial charge in [0.25, 0.3) is 11.8 Å². The zero-order chi connectivity index (χ0) is 22.2. The van der Waals surface area contributed by atoms with Crippen molar-refractivity contribution in [2.45, 2.75) is 32.5 Å². The number of hydrogen-bond acceptors (Lipinski definition) is 5. The van der Waals surface area contributed by atoms with Crippen molar-refractivity contribution >= 4 is 17.5 Å². The molecule has 31 heavy (non-hydrogen) atoms. The SMILES string of the molecule is CCOc1cc(C(=O)Nc2ccccc2C(=O)NC[C@@H]2CCCO2)ccc1OC(F)F. The van der Waals surface area contributed by atoms with Crippen molar-refractivity contribution in [1.29, 1.82) is 0 Å². The van der Waals surface area contributed by atoms with E-state index in [9.17, 15) is 18.4 Å². The van der Waals surface area contributed by atoms with E-state index < -0.39 is 12.5 Å². The van der Waals surface area contributed by atoms with Crippen LogP contribution in [0.1, 0.15) is 40.5 Å². The molecule has 166 valence electrons. The molecule has 2 aromatic carbocycles. The van der Waals surface area contributed by atoms with Gasteiger partial charge in [0.2, 0.25) is 0 Å². The normalized spacial score (nSPS) is 15.5. The van der Waals surface area contributed by atoms with E-state index in [1.807, 2.05) is 0 Å². The molecule has 0 saturated carbocycles. The largest absolute Gasteiger partial charge is 0.490 e. The standard InChI is InChI=1S/C22H24F2N2O5/c1-2-29-19-12-14(9-10-18(19)31-22(23)24)20(27)26-17-8-4-3-7-16(17)21(28)25-13-15-6-5-11-30-15/h3-4,7-10,12,15,22H,2,5-6,11,13H2,1H3,(H,25,28)(H,26,27)/t15-/m0/s1. The Morgan fingerprint density at radius 2 is 1.97 bits per heavy atom. The van der Waals surface area contributed by atoms with Crippen LogP contribution in [0.3, 0.4) is 0 Å². The Morgan fingerprint density at radius 1 is 1.16 bits per heavy atom. The number of halogens is 2. The predicted octanol–water partition coefficient (Wildman–Crippen LogP) is 3.85. The minimum atomic E-state index is -3.01. The molecule has 0 unspecified atom stereocenters. The van der Waals surface area contributed by atoms with Crippen LogP contribution in [0, 0.1) is 0 Å². The minimum absolute atomic E-state index is 0.00309. The van der Waals surface area contributed by atoms with Crippen LogP contribution in [0.5, 0.6) is 11.5 Å². The molecule has 2 amide bonds. The van der Waals surface area contributed by atoms with Gasteiger partial charge < -0.3 is 24.8 Å². The third kappa shape index (κ3) is 6.14. The molecule has 1 heterocycles. The van der Waals surface area contributed by atoms with Gasteiger partial charge in [0.15, 0.2) is 11.5 Å². The average molecular weight is 434 g/mol. The molecular formula is C22H24F2N2O5. The van der Waals surface area contributed by atoms with E-state index in [0.29, 0.717) is 24.4 Å². The molecule has 2 N–H and O–H groups in total. The maximum atomic E-state index is 12.7. The summed E-state index contributed by atoms with van der Waals surface area (Å²) in [6.45, 7) is -0.0375. The van der Waals surface area contributed by atoms with Crippen LogP contribution < -0.4 is 20.1 Å². The number of amides is 2. The summed E-state index contributed by atoms with van der Waals surface area (Å²) in [7, 11) is 0. The molecule has 1 fully saturated rings. The highest BCUT2D eigenvalue weighted by Crippen LogP contribution is 2.30. The van der Waals surface area contributed by atoms with Crippen LogP contribution in [0.4, 0.5) is 14.5 Å². The summed E-state index contributed by atoms with van der Waals surface area (Å²) in [5.41, 5.74) is 0.791. The highest BCUT2D eigenvalue weighted by Gasteiger charge is 2.19.